The number of nitrogens with one attached hydrogen (secondary N) is 1. The van der Waals surface area contributed by atoms with E-state index >= 15 is 0 Å². The molecule has 0 aliphatic heterocycles. The van der Waals surface area contributed by atoms with E-state index in [-0.39, 0.29) is 17.3 Å². The fourth-order valence-corrected chi connectivity index (χ4v) is 2.79. The maximum atomic E-state index is 12.2. The van der Waals surface area contributed by atoms with E-state index in [1.807, 2.05) is 39.0 Å². The number of benzene rings is 2. The van der Waals surface area contributed by atoms with Gasteiger partial charge < -0.3 is 15.0 Å². The summed E-state index contributed by atoms with van der Waals surface area (Å²) in [7, 11) is 3.34. The number of anilines is 1. The molecule has 2 rings (SSSR count). The van der Waals surface area contributed by atoms with Gasteiger partial charge in [-0.25, -0.2) is 4.79 Å². The third kappa shape index (κ3) is 5.54. The van der Waals surface area contributed by atoms with E-state index in [1.54, 1.807) is 19.0 Å². The highest BCUT2D eigenvalue weighted by atomic mass is 16.6. The molecule has 0 aliphatic rings. The molecule has 0 fully saturated rings. The predicted octanol–water partition coefficient (Wildman–Crippen LogP) is 3.31. The average molecular weight is 399 g/mol. The van der Waals surface area contributed by atoms with E-state index in [1.165, 1.54) is 12.1 Å². The number of nitro benzene ring substituents is 1. The van der Waals surface area contributed by atoms with Gasteiger partial charge in [-0.05, 0) is 49.6 Å². The van der Waals surface area contributed by atoms with Crippen molar-refractivity contribution in [2.24, 2.45) is 0 Å². The molecule has 0 unspecified atom stereocenters. The minimum absolute atomic E-state index is 0.0114. The summed E-state index contributed by atoms with van der Waals surface area (Å²) in [5.41, 5.74) is 3.40. The monoisotopic (exact) mass is 399 g/mol. The molecule has 1 N–H and O–H groups in total. The Morgan fingerprint density at radius 3 is 2.41 bits per heavy atom. The molecule has 29 heavy (non-hydrogen) atoms. The molecule has 0 aliphatic carbocycles. The molecular formula is C21H25N3O5. The first-order valence-electron chi connectivity index (χ1n) is 9.09. The van der Waals surface area contributed by atoms with Crippen molar-refractivity contribution in [2.75, 3.05) is 25.6 Å². The minimum atomic E-state index is -0.799. The summed E-state index contributed by atoms with van der Waals surface area (Å²) in [5, 5.41) is 14.0. The van der Waals surface area contributed by atoms with Crippen LogP contribution in [0, 0.1) is 24.0 Å². The molecule has 2 aromatic rings. The maximum absolute atomic E-state index is 12.2. The van der Waals surface area contributed by atoms with Gasteiger partial charge in [-0.3, -0.25) is 14.9 Å². The predicted molar refractivity (Wildman–Crippen MR) is 110 cm³/mol. The lowest BCUT2D eigenvalue weighted by atomic mass is 10.0. The first-order valence-corrected chi connectivity index (χ1v) is 9.09. The fraction of sp³-hybridized carbons (Fsp3) is 0.333. The third-order valence-electron chi connectivity index (χ3n) is 4.63. The average Bonchev–Trinajstić information content (AvgIpc) is 2.67. The highest BCUT2D eigenvalue weighted by molar-refractivity contribution is 5.93. The van der Waals surface area contributed by atoms with Crippen LogP contribution in [-0.2, 0) is 9.53 Å². The number of carbonyl (C=O) groups excluding carboxylic acids is 2. The summed E-state index contributed by atoms with van der Waals surface area (Å²) in [6.07, 6.45) is 0. The SMILES string of the molecule is Cc1ccc([C@H](C)NC(=O)COC(=O)c2ccc(N(C)C)c([N+](=O)[O-])c2)cc1C. The Bertz CT molecular complexity index is 940. The van der Waals surface area contributed by atoms with E-state index in [4.69, 9.17) is 4.74 Å². The largest absolute Gasteiger partial charge is 0.452 e. The van der Waals surface area contributed by atoms with Crippen molar-refractivity contribution >= 4 is 23.3 Å². The molecule has 0 radical (unpaired) electrons. The van der Waals surface area contributed by atoms with Crippen molar-refractivity contribution in [2.45, 2.75) is 26.8 Å². The normalized spacial score (nSPS) is 11.5. The highest BCUT2D eigenvalue weighted by Gasteiger charge is 2.20. The van der Waals surface area contributed by atoms with Crippen LogP contribution in [0.1, 0.15) is 40.0 Å². The molecule has 0 spiro atoms. The molecule has 1 amide bonds. The number of rotatable bonds is 7. The molecular weight excluding hydrogens is 374 g/mol. The molecule has 1 atom stereocenters. The van der Waals surface area contributed by atoms with Crippen LogP contribution in [0.25, 0.3) is 0 Å². The lowest BCUT2D eigenvalue weighted by Crippen LogP contribution is -2.31. The van der Waals surface area contributed by atoms with Gasteiger partial charge >= 0.3 is 5.97 Å². The molecule has 0 saturated heterocycles. The molecule has 2 aromatic carbocycles. The smallest absolute Gasteiger partial charge is 0.338 e. The van der Waals surface area contributed by atoms with Crippen molar-refractivity contribution in [1.82, 2.24) is 5.32 Å². The minimum Gasteiger partial charge on any atom is -0.452 e. The summed E-state index contributed by atoms with van der Waals surface area (Å²) in [6, 6.07) is 9.71. The maximum Gasteiger partial charge on any atom is 0.338 e. The van der Waals surface area contributed by atoms with Gasteiger partial charge in [0.25, 0.3) is 11.6 Å². The number of carbonyl (C=O) groups is 2. The first kappa shape index (κ1) is 21.9. The Morgan fingerprint density at radius 2 is 1.83 bits per heavy atom. The second kappa shape index (κ2) is 9.18. The van der Waals surface area contributed by atoms with Gasteiger partial charge in [0.1, 0.15) is 5.69 Å². The number of nitrogens with zero attached hydrogens (tertiary/aromatic N) is 2. The van der Waals surface area contributed by atoms with Gasteiger partial charge in [-0.15, -0.1) is 0 Å². The Kier molecular flexibility index (Phi) is 6.93. The molecule has 0 heterocycles. The van der Waals surface area contributed by atoms with Gasteiger partial charge in [-0.2, -0.15) is 0 Å². The molecule has 0 bridgehead atoms. The zero-order valence-electron chi connectivity index (χ0n) is 17.2. The van der Waals surface area contributed by atoms with Crippen molar-refractivity contribution in [3.8, 4) is 0 Å². The molecule has 8 heteroatoms. The highest BCUT2D eigenvalue weighted by Crippen LogP contribution is 2.28. The lowest BCUT2D eigenvalue weighted by Gasteiger charge is -2.16. The molecule has 0 saturated carbocycles. The van der Waals surface area contributed by atoms with E-state index < -0.39 is 23.4 Å². The topological polar surface area (TPSA) is 102 Å². The van der Waals surface area contributed by atoms with E-state index in [0.29, 0.717) is 5.69 Å². The molecule has 8 nitrogen and oxygen atoms in total. The third-order valence-corrected chi connectivity index (χ3v) is 4.63. The summed E-state index contributed by atoms with van der Waals surface area (Å²) in [4.78, 5) is 36.6. The number of esters is 1. The van der Waals surface area contributed by atoms with Crippen LogP contribution in [0.3, 0.4) is 0 Å². The van der Waals surface area contributed by atoms with Crippen LogP contribution < -0.4 is 10.2 Å². The Balaban J connectivity index is 1.99. The van der Waals surface area contributed by atoms with Crippen LogP contribution in [0.4, 0.5) is 11.4 Å². The van der Waals surface area contributed by atoms with Crippen molar-refractivity contribution < 1.29 is 19.2 Å². The Morgan fingerprint density at radius 1 is 1.14 bits per heavy atom. The summed E-state index contributed by atoms with van der Waals surface area (Å²) >= 11 is 0. The summed E-state index contributed by atoms with van der Waals surface area (Å²) in [5.74, 6) is -1.25. The van der Waals surface area contributed by atoms with Crippen LogP contribution in [-0.4, -0.2) is 37.5 Å². The van der Waals surface area contributed by atoms with Crippen molar-refractivity contribution in [3.05, 3.63) is 68.8 Å². The summed E-state index contributed by atoms with van der Waals surface area (Å²) < 4.78 is 5.02. The number of ether oxygens (including phenoxy) is 1. The number of hydrogen-bond acceptors (Lipinski definition) is 6. The zero-order chi connectivity index (χ0) is 21.7. The second-order valence-corrected chi connectivity index (χ2v) is 7.06. The Hall–Kier alpha value is -3.42. The van der Waals surface area contributed by atoms with Crippen molar-refractivity contribution in [1.29, 1.82) is 0 Å². The van der Waals surface area contributed by atoms with E-state index in [2.05, 4.69) is 5.32 Å². The van der Waals surface area contributed by atoms with E-state index in [9.17, 15) is 19.7 Å². The van der Waals surface area contributed by atoms with Crippen LogP contribution >= 0.6 is 0 Å². The number of aryl methyl sites for hydroxylation is 2. The standard InChI is InChI=1S/C21H25N3O5/c1-13-6-7-16(10-14(13)2)15(3)22-20(25)12-29-21(26)17-8-9-18(23(4)5)19(11-17)24(27)28/h6-11,15H,12H2,1-5H3,(H,22,25)/t15-/m0/s1. The zero-order valence-corrected chi connectivity index (χ0v) is 17.2. The quantitative estimate of drug-likeness (QED) is 0.435. The molecule has 154 valence electrons. The van der Waals surface area contributed by atoms with Crippen LogP contribution in [0.5, 0.6) is 0 Å². The number of hydrogen-bond donors (Lipinski definition) is 1. The fourth-order valence-electron chi connectivity index (χ4n) is 2.79. The van der Waals surface area contributed by atoms with Gasteiger partial charge in [0.15, 0.2) is 6.61 Å². The van der Waals surface area contributed by atoms with E-state index in [0.717, 1.165) is 22.8 Å². The van der Waals surface area contributed by atoms with Gasteiger partial charge in [0.2, 0.25) is 0 Å². The number of nitro groups is 1. The lowest BCUT2D eigenvalue weighted by molar-refractivity contribution is -0.384. The van der Waals surface area contributed by atoms with Crippen LogP contribution in [0.2, 0.25) is 0 Å². The summed E-state index contributed by atoms with van der Waals surface area (Å²) in [6.45, 7) is 5.37. The molecule has 0 aromatic heterocycles. The second-order valence-electron chi connectivity index (χ2n) is 7.06. The number of amides is 1. The van der Waals surface area contributed by atoms with Crippen LogP contribution in [0.15, 0.2) is 36.4 Å². The van der Waals surface area contributed by atoms with Gasteiger partial charge in [-0.1, -0.05) is 18.2 Å². The van der Waals surface area contributed by atoms with Crippen molar-refractivity contribution in [3.63, 3.8) is 0 Å². The van der Waals surface area contributed by atoms with Gasteiger partial charge in [0.05, 0.1) is 16.5 Å². The first-order chi connectivity index (χ1) is 13.6. The Labute approximate surface area is 169 Å². The van der Waals surface area contributed by atoms with Gasteiger partial charge in [0, 0.05) is 20.2 Å².